The maximum atomic E-state index is 5.44. The van der Waals surface area contributed by atoms with Crippen molar-refractivity contribution in [2.45, 2.75) is 18.9 Å². The number of nitrogens with one attached hydrogen (secondary N) is 1. The number of aromatic nitrogens is 1. The van der Waals surface area contributed by atoms with Gasteiger partial charge in [-0.15, -0.1) is 0 Å². The quantitative estimate of drug-likeness (QED) is 0.512. The van der Waals surface area contributed by atoms with Crippen molar-refractivity contribution < 1.29 is 4.74 Å². The van der Waals surface area contributed by atoms with Crippen molar-refractivity contribution >= 4 is 0 Å². The SMILES string of the molecule is COCCC(Cc1cccnc1)NN. The normalized spacial score (nSPS) is 12.7. The Morgan fingerprint density at radius 1 is 1.64 bits per heavy atom. The topological polar surface area (TPSA) is 60.2 Å². The largest absolute Gasteiger partial charge is 0.385 e. The average Bonchev–Trinajstić information content (AvgIpc) is 2.25. The Bertz CT molecular complexity index is 240. The van der Waals surface area contributed by atoms with Crippen LogP contribution in [-0.4, -0.2) is 24.7 Å². The van der Waals surface area contributed by atoms with Gasteiger partial charge in [0.2, 0.25) is 0 Å². The van der Waals surface area contributed by atoms with Crippen molar-refractivity contribution in [1.29, 1.82) is 0 Å². The summed E-state index contributed by atoms with van der Waals surface area (Å²) in [6, 6.07) is 4.22. The molecule has 0 aliphatic heterocycles. The molecule has 1 atom stereocenters. The molecule has 0 fully saturated rings. The van der Waals surface area contributed by atoms with Gasteiger partial charge in [-0.2, -0.15) is 0 Å². The highest BCUT2D eigenvalue weighted by atomic mass is 16.5. The van der Waals surface area contributed by atoms with E-state index in [-0.39, 0.29) is 6.04 Å². The van der Waals surface area contributed by atoms with Crippen LogP contribution in [0.5, 0.6) is 0 Å². The van der Waals surface area contributed by atoms with Crippen LogP contribution in [0.2, 0.25) is 0 Å². The maximum absolute atomic E-state index is 5.44. The molecule has 1 heterocycles. The molecule has 1 unspecified atom stereocenters. The van der Waals surface area contributed by atoms with E-state index in [2.05, 4.69) is 10.4 Å². The van der Waals surface area contributed by atoms with E-state index in [0.29, 0.717) is 0 Å². The second-order valence-electron chi connectivity index (χ2n) is 3.21. The monoisotopic (exact) mass is 195 g/mol. The van der Waals surface area contributed by atoms with E-state index >= 15 is 0 Å². The second kappa shape index (κ2) is 6.48. The van der Waals surface area contributed by atoms with Gasteiger partial charge < -0.3 is 4.74 Å². The maximum Gasteiger partial charge on any atom is 0.0477 e. The Labute approximate surface area is 84.4 Å². The van der Waals surface area contributed by atoms with E-state index in [1.54, 1.807) is 13.3 Å². The Kier molecular flexibility index (Phi) is 5.14. The van der Waals surface area contributed by atoms with Gasteiger partial charge in [0.25, 0.3) is 0 Å². The van der Waals surface area contributed by atoms with Crippen molar-refractivity contribution in [2.75, 3.05) is 13.7 Å². The molecule has 1 aromatic rings. The van der Waals surface area contributed by atoms with Crippen LogP contribution < -0.4 is 11.3 Å². The van der Waals surface area contributed by atoms with Gasteiger partial charge in [0, 0.05) is 32.2 Å². The summed E-state index contributed by atoms with van der Waals surface area (Å²) in [6.07, 6.45) is 5.41. The number of hydrazine groups is 1. The van der Waals surface area contributed by atoms with Crippen LogP contribution in [0.3, 0.4) is 0 Å². The second-order valence-corrected chi connectivity index (χ2v) is 3.21. The number of nitrogens with zero attached hydrogens (tertiary/aromatic N) is 1. The molecule has 0 saturated heterocycles. The molecule has 0 spiro atoms. The molecule has 1 rings (SSSR count). The van der Waals surface area contributed by atoms with Gasteiger partial charge in [-0.1, -0.05) is 6.07 Å². The predicted octanol–water partition coefficient (Wildman–Crippen LogP) is 0.493. The summed E-state index contributed by atoms with van der Waals surface area (Å²) in [5.74, 6) is 5.44. The standard InChI is InChI=1S/C10H17N3O/c1-14-6-4-10(13-11)7-9-3-2-5-12-8-9/h2-3,5,8,10,13H,4,6-7,11H2,1H3. The number of nitrogens with two attached hydrogens (primary N) is 1. The molecule has 0 saturated carbocycles. The van der Waals surface area contributed by atoms with Gasteiger partial charge >= 0.3 is 0 Å². The molecule has 4 nitrogen and oxygen atoms in total. The smallest absolute Gasteiger partial charge is 0.0477 e. The molecule has 0 bridgehead atoms. The fourth-order valence-corrected chi connectivity index (χ4v) is 1.31. The van der Waals surface area contributed by atoms with E-state index in [1.807, 2.05) is 18.3 Å². The molecule has 4 heteroatoms. The first-order valence-electron chi connectivity index (χ1n) is 4.70. The van der Waals surface area contributed by atoms with Crippen LogP contribution in [-0.2, 0) is 11.2 Å². The highest BCUT2D eigenvalue weighted by Gasteiger charge is 2.06. The van der Waals surface area contributed by atoms with Crippen molar-refractivity contribution in [3.63, 3.8) is 0 Å². The zero-order valence-corrected chi connectivity index (χ0v) is 8.44. The summed E-state index contributed by atoms with van der Waals surface area (Å²) in [5.41, 5.74) is 3.96. The van der Waals surface area contributed by atoms with Gasteiger partial charge in [-0.05, 0) is 24.5 Å². The zero-order valence-electron chi connectivity index (χ0n) is 8.44. The Morgan fingerprint density at radius 3 is 3.07 bits per heavy atom. The lowest BCUT2D eigenvalue weighted by atomic mass is 10.1. The molecule has 14 heavy (non-hydrogen) atoms. The third-order valence-corrected chi connectivity index (χ3v) is 2.11. The zero-order chi connectivity index (χ0) is 10.2. The molecule has 0 aliphatic rings. The van der Waals surface area contributed by atoms with Gasteiger partial charge in [0.05, 0.1) is 0 Å². The van der Waals surface area contributed by atoms with Crippen molar-refractivity contribution in [3.8, 4) is 0 Å². The van der Waals surface area contributed by atoms with E-state index in [4.69, 9.17) is 10.6 Å². The van der Waals surface area contributed by atoms with Gasteiger partial charge in [0.1, 0.15) is 0 Å². The molecule has 1 aromatic heterocycles. The summed E-state index contributed by atoms with van der Waals surface area (Å²) >= 11 is 0. The van der Waals surface area contributed by atoms with Crippen molar-refractivity contribution in [2.24, 2.45) is 5.84 Å². The summed E-state index contributed by atoms with van der Waals surface area (Å²) in [6.45, 7) is 0.717. The molecule has 3 N–H and O–H groups in total. The minimum absolute atomic E-state index is 0.249. The Hall–Kier alpha value is -0.970. The number of hydrogen-bond donors (Lipinski definition) is 2. The van der Waals surface area contributed by atoms with Crippen LogP contribution >= 0.6 is 0 Å². The summed E-state index contributed by atoms with van der Waals surface area (Å²) in [5, 5.41) is 0. The first kappa shape index (κ1) is 11.1. The number of pyridine rings is 1. The molecule has 0 aromatic carbocycles. The van der Waals surface area contributed by atoms with E-state index in [1.165, 1.54) is 5.56 Å². The average molecular weight is 195 g/mol. The van der Waals surface area contributed by atoms with E-state index in [0.717, 1.165) is 19.4 Å². The van der Waals surface area contributed by atoms with Crippen LogP contribution in [0.1, 0.15) is 12.0 Å². The lowest BCUT2D eigenvalue weighted by Gasteiger charge is -2.14. The van der Waals surface area contributed by atoms with E-state index in [9.17, 15) is 0 Å². The van der Waals surface area contributed by atoms with E-state index < -0.39 is 0 Å². The number of hydrogen-bond acceptors (Lipinski definition) is 4. The lowest BCUT2D eigenvalue weighted by Crippen LogP contribution is -2.37. The highest BCUT2D eigenvalue weighted by molar-refractivity contribution is 5.09. The number of methoxy groups -OCH3 is 1. The highest BCUT2D eigenvalue weighted by Crippen LogP contribution is 2.03. The predicted molar refractivity (Wildman–Crippen MR) is 55.5 cm³/mol. The Morgan fingerprint density at radius 2 is 2.50 bits per heavy atom. The van der Waals surface area contributed by atoms with Gasteiger partial charge in [0.15, 0.2) is 0 Å². The first-order valence-corrected chi connectivity index (χ1v) is 4.70. The van der Waals surface area contributed by atoms with Crippen molar-refractivity contribution in [3.05, 3.63) is 30.1 Å². The third-order valence-electron chi connectivity index (χ3n) is 2.11. The van der Waals surface area contributed by atoms with Crippen molar-refractivity contribution in [1.82, 2.24) is 10.4 Å². The van der Waals surface area contributed by atoms with Crippen LogP contribution in [0, 0.1) is 0 Å². The third kappa shape index (κ3) is 3.83. The number of rotatable bonds is 6. The summed E-state index contributed by atoms with van der Waals surface area (Å²) < 4.78 is 5.00. The van der Waals surface area contributed by atoms with Crippen LogP contribution in [0.25, 0.3) is 0 Å². The molecular weight excluding hydrogens is 178 g/mol. The molecule has 0 amide bonds. The molecule has 0 aliphatic carbocycles. The first-order chi connectivity index (χ1) is 6.86. The van der Waals surface area contributed by atoms with Gasteiger partial charge in [-0.25, -0.2) is 0 Å². The molecular formula is C10H17N3O. The molecule has 0 radical (unpaired) electrons. The number of ether oxygens (including phenoxy) is 1. The fourth-order valence-electron chi connectivity index (χ4n) is 1.31. The summed E-state index contributed by atoms with van der Waals surface area (Å²) in [7, 11) is 1.69. The minimum Gasteiger partial charge on any atom is -0.385 e. The fraction of sp³-hybridized carbons (Fsp3) is 0.500. The Balaban J connectivity index is 2.40. The summed E-state index contributed by atoms with van der Waals surface area (Å²) in [4.78, 5) is 4.05. The lowest BCUT2D eigenvalue weighted by molar-refractivity contribution is 0.182. The molecule has 78 valence electrons. The van der Waals surface area contributed by atoms with Crippen LogP contribution in [0.4, 0.5) is 0 Å². The minimum atomic E-state index is 0.249. The van der Waals surface area contributed by atoms with Crippen LogP contribution in [0.15, 0.2) is 24.5 Å². The van der Waals surface area contributed by atoms with Gasteiger partial charge in [-0.3, -0.25) is 16.3 Å².